The van der Waals surface area contributed by atoms with Crippen molar-refractivity contribution >= 4 is 22.1 Å². The minimum atomic E-state index is -4.62. The maximum Gasteiger partial charge on any atom is 0.306 e. The number of allylic oxidation sites excluding steroid dienone is 16. The number of esters is 2. The van der Waals surface area contributed by atoms with E-state index in [0.29, 0.717) is 12.8 Å². The molecule has 62 heavy (non-hydrogen) atoms. The zero-order chi connectivity index (χ0) is 45.5. The quantitative estimate of drug-likeness (QED) is 0.0202. The third-order valence-electron chi connectivity index (χ3n) is 9.60. The molecule has 13 heteroatoms. The molecule has 1 saturated heterocycles. The standard InChI is InChI=1S/C49H78O12S/c1-3-5-7-9-11-13-15-17-19-21-23-25-27-29-31-33-35-37-44(50)58-39-42(40-59-49-48(54)47(53)46(52)43(61-49)41-62(55,56)57)60-45(51)38-36-34-32-30-28-26-24-22-20-18-16-14-12-10-8-6-4-2/h7-10,13-16,19-22,25-28,42-43,46-49,52-54H,3-6,11-12,17-18,23-24,29-41H2,1-2H3,(H,55,56,57)/b9-7+,10-8+,15-13+,16-14+,21-19+,22-20+,27-25+,28-26+/t42-,43-,46-,47?,48?,49+/m1/s1. The average Bonchev–Trinajstić information content (AvgIpc) is 3.24. The van der Waals surface area contributed by atoms with Gasteiger partial charge in [0.25, 0.3) is 10.1 Å². The first-order valence-corrected chi connectivity index (χ1v) is 24.4. The summed E-state index contributed by atoms with van der Waals surface area (Å²) in [5, 5.41) is 30.9. The van der Waals surface area contributed by atoms with Gasteiger partial charge in [-0.25, -0.2) is 0 Å². The van der Waals surface area contributed by atoms with Gasteiger partial charge in [0.15, 0.2) is 12.4 Å². The van der Waals surface area contributed by atoms with E-state index >= 15 is 0 Å². The van der Waals surface area contributed by atoms with E-state index in [1.165, 1.54) is 12.8 Å². The van der Waals surface area contributed by atoms with E-state index < -0.39 is 71.2 Å². The second-order valence-electron chi connectivity index (χ2n) is 15.4. The molecule has 1 heterocycles. The first kappa shape index (κ1) is 56.6. The Labute approximate surface area is 373 Å². The van der Waals surface area contributed by atoms with E-state index in [0.717, 1.165) is 89.9 Å². The molecule has 352 valence electrons. The average molecular weight is 891 g/mol. The van der Waals surface area contributed by atoms with E-state index in [2.05, 4.69) is 111 Å². The molecule has 6 atom stereocenters. The van der Waals surface area contributed by atoms with Crippen LogP contribution in [-0.2, 0) is 38.7 Å². The van der Waals surface area contributed by atoms with Gasteiger partial charge in [0.2, 0.25) is 0 Å². The zero-order valence-electron chi connectivity index (χ0n) is 37.4. The second kappa shape index (κ2) is 38.1. The second-order valence-corrected chi connectivity index (χ2v) is 16.9. The summed E-state index contributed by atoms with van der Waals surface area (Å²) in [4.78, 5) is 25.4. The van der Waals surface area contributed by atoms with Gasteiger partial charge in [-0.15, -0.1) is 0 Å². The molecule has 0 spiro atoms. The van der Waals surface area contributed by atoms with E-state index in [1.807, 2.05) is 0 Å². The molecular weight excluding hydrogens is 813 g/mol. The molecule has 0 aromatic carbocycles. The highest BCUT2D eigenvalue weighted by atomic mass is 32.2. The van der Waals surface area contributed by atoms with E-state index in [-0.39, 0.29) is 19.4 Å². The predicted octanol–water partition coefficient (Wildman–Crippen LogP) is 9.44. The van der Waals surface area contributed by atoms with Crippen molar-refractivity contribution in [1.82, 2.24) is 0 Å². The first-order valence-electron chi connectivity index (χ1n) is 22.8. The molecule has 0 saturated carbocycles. The number of hydrogen-bond donors (Lipinski definition) is 4. The normalized spacial score (nSPS) is 20.8. The number of carbonyl (C=O) groups is 2. The summed E-state index contributed by atoms with van der Waals surface area (Å²) in [6, 6.07) is 0. The molecule has 1 fully saturated rings. The van der Waals surface area contributed by atoms with Crippen molar-refractivity contribution in [3.63, 3.8) is 0 Å². The van der Waals surface area contributed by atoms with Crippen LogP contribution in [0.2, 0.25) is 0 Å². The van der Waals surface area contributed by atoms with Crippen molar-refractivity contribution in [2.75, 3.05) is 19.0 Å². The van der Waals surface area contributed by atoms with Crippen LogP contribution in [0.1, 0.15) is 142 Å². The number of hydrogen-bond acceptors (Lipinski definition) is 11. The van der Waals surface area contributed by atoms with Crippen LogP contribution < -0.4 is 0 Å². The summed E-state index contributed by atoms with van der Waals surface area (Å²) in [7, 11) is -4.62. The van der Waals surface area contributed by atoms with Gasteiger partial charge in [-0.05, 0) is 89.9 Å². The molecule has 1 aliphatic heterocycles. The molecule has 1 rings (SSSR count). The Morgan fingerprint density at radius 1 is 0.548 bits per heavy atom. The lowest BCUT2D eigenvalue weighted by atomic mass is 10.00. The Bertz CT molecular complexity index is 1510. The first-order chi connectivity index (χ1) is 30.0. The SMILES string of the molecule is CCC/C=C/C/C=C/C/C=C/C/C=C/CCCCCC(=O)OC[C@H](CO[C@H]1O[C@H](CS(=O)(=O)O)[C@@H](O)C(O)C1O)OC(=O)CCCCC/C=C/C/C=C/C/C=C/C/C=C/CCC. The topological polar surface area (TPSA) is 186 Å². The number of rotatable bonds is 36. The largest absolute Gasteiger partial charge is 0.462 e. The van der Waals surface area contributed by atoms with Crippen LogP contribution >= 0.6 is 0 Å². The maximum atomic E-state index is 12.8. The zero-order valence-corrected chi connectivity index (χ0v) is 38.2. The molecule has 1 aliphatic rings. The minimum absolute atomic E-state index is 0.113. The van der Waals surface area contributed by atoms with Gasteiger partial charge in [0.05, 0.1) is 6.61 Å². The number of aliphatic hydroxyl groups excluding tert-OH is 3. The van der Waals surface area contributed by atoms with Crippen LogP contribution in [-0.4, -0.2) is 96.0 Å². The van der Waals surface area contributed by atoms with Crippen molar-refractivity contribution < 1.29 is 56.8 Å². The van der Waals surface area contributed by atoms with Crippen LogP contribution in [0.25, 0.3) is 0 Å². The van der Waals surface area contributed by atoms with Gasteiger partial charge < -0.3 is 34.3 Å². The lowest BCUT2D eigenvalue weighted by molar-refractivity contribution is -0.297. The summed E-state index contributed by atoms with van der Waals surface area (Å²) in [5.74, 6) is -2.08. The van der Waals surface area contributed by atoms with Crippen molar-refractivity contribution in [2.24, 2.45) is 0 Å². The summed E-state index contributed by atoms with van der Waals surface area (Å²) in [6.45, 7) is 3.55. The van der Waals surface area contributed by atoms with Crippen molar-refractivity contribution in [3.05, 3.63) is 97.2 Å². The van der Waals surface area contributed by atoms with Crippen LogP contribution in [0, 0.1) is 0 Å². The monoisotopic (exact) mass is 891 g/mol. The number of unbranched alkanes of at least 4 members (excludes halogenated alkanes) is 8. The van der Waals surface area contributed by atoms with Gasteiger partial charge in [-0.3, -0.25) is 14.1 Å². The molecule has 4 N–H and O–H groups in total. The molecule has 0 aromatic rings. The van der Waals surface area contributed by atoms with Crippen molar-refractivity contribution in [3.8, 4) is 0 Å². The smallest absolute Gasteiger partial charge is 0.306 e. The molecule has 0 amide bonds. The molecule has 0 aromatic heterocycles. The molecular formula is C49H78O12S. The van der Waals surface area contributed by atoms with Gasteiger partial charge >= 0.3 is 11.9 Å². The summed E-state index contributed by atoms with van der Waals surface area (Å²) >= 11 is 0. The Hall–Kier alpha value is -3.43. The summed E-state index contributed by atoms with van der Waals surface area (Å²) in [5.41, 5.74) is 0. The fraction of sp³-hybridized carbons (Fsp3) is 0.633. The lowest BCUT2D eigenvalue weighted by Gasteiger charge is -2.40. The molecule has 0 bridgehead atoms. The highest BCUT2D eigenvalue weighted by molar-refractivity contribution is 7.85. The number of aliphatic hydroxyl groups is 3. The summed E-state index contributed by atoms with van der Waals surface area (Å²) < 4.78 is 54.0. The Morgan fingerprint density at radius 2 is 0.968 bits per heavy atom. The number of carbonyl (C=O) groups excluding carboxylic acids is 2. The fourth-order valence-corrected chi connectivity index (χ4v) is 6.76. The van der Waals surface area contributed by atoms with Crippen molar-refractivity contribution in [2.45, 2.75) is 179 Å². The third kappa shape index (κ3) is 32.3. The maximum absolute atomic E-state index is 12.8. The highest BCUT2D eigenvalue weighted by Crippen LogP contribution is 2.24. The lowest BCUT2D eigenvalue weighted by Crippen LogP contribution is -2.60. The summed E-state index contributed by atoms with van der Waals surface area (Å²) in [6.07, 6.45) is 41.6. The van der Waals surface area contributed by atoms with Crippen LogP contribution in [0.15, 0.2) is 97.2 Å². The molecule has 2 unspecified atom stereocenters. The highest BCUT2D eigenvalue weighted by Gasteiger charge is 2.46. The molecule has 0 radical (unpaired) electrons. The van der Waals surface area contributed by atoms with Crippen LogP contribution in [0.5, 0.6) is 0 Å². The van der Waals surface area contributed by atoms with Gasteiger partial charge in [-0.2, -0.15) is 8.42 Å². The predicted molar refractivity (Wildman–Crippen MR) is 247 cm³/mol. The molecule has 0 aliphatic carbocycles. The fourth-order valence-electron chi connectivity index (χ4n) is 6.07. The Balaban J connectivity index is 2.51. The van der Waals surface area contributed by atoms with Crippen molar-refractivity contribution in [1.29, 1.82) is 0 Å². The van der Waals surface area contributed by atoms with Gasteiger partial charge in [0, 0.05) is 12.8 Å². The van der Waals surface area contributed by atoms with E-state index in [9.17, 15) is 37.9 Å². The Morgan fingerprint density at radius 3 is 1.40 bits per heavy atom. The van der Waals surface area contributed by atoms with E-state index in [1.54, 1.807) is 0 Å². The van der Waals surface area contributed by atoms with Crippen LogP contribution in [0.3, 0.4) is 0 Å². The number of ether oxygens (including phenoxy) is 4. The van der Waals surface area contributed by atoms with Gasteiger partial charge in [-0.1, -0.05) is 137 Å². The third-order valence-corrected chi connectivity index (χ3v) is 10.3. The Kier molecular flexibility index (Phi) is 34.7. The minimum Gasteiger partial charge on any atom is -0.462 e. The van der Waals surface area contributed by atoms with Crippen LogP contribution in [0.4, 0.5) is 0 Å². The van der Waals surface area contributed by atoms with E-state index in [4.69, 9.17) is 18.9 Å². The molecule has 12 nitrogen and oxygen atoms in total. The van der Waals surface area contributed by atoms with Gasteiger partial charge in [0.1, 0.15) is 36.8 Å².